The van der Waals surface area contributed by atoms with Crippen molar-refractivity contribution in [1.82, 2.24) is 9.80 Å². The number of carbonyl (C=O) groups is 1. The van der Waals surface area contributed by atoms with Crippen LogP contribution in [0.25, 0.3) is 0 Å². The molecule has 18 heavy (non-hydrogen) atoms. The maximum absolute atomic E-state index is 12.4. The molecular weight excluding hydrogens is 252 g/mol. The highest BCUT2D eigenvalue weighted by atomic mass is 32.2. The van der Waals surface area contributed by atoms with Crippen LogP contribution in [0.4, 0.5) is 0 Å². The summed E-state index contributed by atoms with van der Waals surface area (Å²) in [5.74, 6) is 0.573. The maximum atomic E-state index is 12.4. The van der Waals surface area contributed by atoms with Gasteiger partial charge in [0.2, 0.25) is 5.91 Å². The Kier molecular flexibility index (Phi) is 3.96. The second-order valence-corrected chi connectivity index (χ2v) is 7.66. The van der Waals surface area contributed by atoms with Crippen LogP contribution < -0.4 is 0 Å². The van der Waals surface area contributed by atoms with E-state index in [-0.39, 0.29) is 29.4 Å². The van der Waals surface area contributed by atoms with Gasteiger partial charge in [-0.3, -0.25) is 4.79 Å². The van der Waals surface area contributed by atoms with Crippen molar-refractivity contribution in [3.8, 4) is 0 Å². The number of sulfone groups is 1. The third-order valence-electron chi connectivity index (χ3n) is 4.01. The van der Waals surface area contributed by atoms with Gasteiger partial charge in [-0.05, 0) is 33.4 Å². The molecule has 0 bridgehead atoms. The molecule has 2 saturated heterocycles. The number of nitrogens with zero attached hydrogens (tertiary/aromatic N) is 2. The molecule has 6 heteroatoms. The van der Waals surface area contributed by atoms with Gasteiger partial charge in [0.25, 0.3) is 0 Å². The van der Waals surface area contributed by atoms with Crippen molar-refractivity contribution in [1.29, 1.82) is 0 Å². The molecular formula is C12H22N2O3S. The van der Waals surface area contributed by atoms with Gasteiger partial charge in [-0.15, -0.1) is 0 Å². The molecule has 0 aliphatic carbocycles. The highest BCUT2D eigenvalue weighted by Gasteiger charge is 2.37. The van der Waals surface area contributed by atoms with Gasteiger partial charge in [-0.25, -0.2) is 8.42 Å². The second kappa shape index (κ2) is 5.17. The first-order valence-corrected chi connectivity index (χ1v) is 8.44. The first-order chi connectivity index (χ1) is 8.43. The summed E-state index contributed by atoms with van der Waals surface area (Å²) < 4.78 is 23.0. The predicted molar refractivity (Wildman–Crippen MR) is 70.0 cm³/mol. The molecule has 2 aliphatic rings. The Hall–Kier alpha value is -0.620. The Morgan fingerprint density at radius 1 is 1.39 bits per heavy atom. The lowest BCUT2D eigenvalue weighted by atomic mass is 10.1. The van der Waals surface area contributed by atoms with E-state index in [0.29, 0.717) is 13.0 Å². The van der Waals surface area contributed by atoms with Crippen LogP contribution in [0.5, 0.6) is 0 Å². The maximum Gasteiger partial charge on any atom is 0.227 e. The van der Waals surface area contributed by atoms with E-state index in [1.165, 1.54) is 0 Å². The van der Waals surface area contributed by atoms with Gasteiger partial charge in [0.15, 0.2) is 9.84 Å². The molecule has 2 rings (SSSR count). The molecule has 0 aromatic carbocycles. The molecule has 2 aliphatic heterocycles. The van der Waals surface area contributed by atoms with Gasteiger partial charge in [0.1, 0.15) is 0 Å². The van der Waals surface area contributed by atoms with E-state index in [4.69, 9.17) is 0 Å². The average Bonchev–Trinajstić information content (AvgIpc) is 2.86. The Balaban J connectivity index is 2.03. The van der Waals surface area contributed by atoms with Gasteiger partial charge in [0.05, 0.1) is 17.4 Å². The van der Waals surface area contributed by atoms with Crippen molar-refractivity contribution >= 4 is 15.7 Å². The standard InChI is InChI=1S/C12H22N2O3S/c1-3-14(11-5-7-18(16,17)9-11)12(15)10-4-6-13(2)8-10/h10-11H,3-9H2,1-2H3. The third kappa shape index (κ3) is 2.85. The highest BCUT2D eigenvalue weighted by Crippen LogP contribution is 2.23. The molecule has 104 valence electrons. The molecule has 2 heterocycles. The SMILES string of the molecule is CCN(C(=O)C1CCN(C)C1)C1CCS(=O)(=O)C1. The van der Waals surface area contributed by atoms with E-state index in [9.17, 15) is 13.2 Å². The Morgan fingerprint density at radius 3 is 2.56 bits per heavy atom. The Labute approximate surface area is 109 Å². The van der Waals surface area contributed by atoms with Crippen LogP contribution in [-0.2, 0) is 14.6 Å². The number of carbonyl (C=O) groups excluding carboxylic acids is 1. The lowest BCUT2D eigenvalue weighted by Gasteiger charge is -2.29. The summed E-state index contributed by atoms with van der Waals surface area (Å²) in [6, 6.07) is -0.0987. The van der Waals surface area contributed by atoms with Crippen LogP contribution in [0.1, 0.15) is 19.8 Å². The van der Waals surface area contributed by atoms with E-state index in [0.717, 1.165) is 19.5 Å². The van der Waals surface area contributed by atoms with Gasteiger partial charge < -0.3 is 9.80 Å². The summed E-state index contributed by atoms with van der Waals surface area (Å²) in [6.07, 6.45) is 1.50. The fourth-order valence-electron chi connectivity index (χ4n) is 2.99. The summed E-state index contributed by atoms with van der Waals surface area (Å²) in [5.41, 5.74) is 0. The molecule has 2 fully saturated rings. The lowest BCUT2D eigenvalue weighted by molar-refractivity contribution is -0.136. The molecule has 0 N–H and O–H groups in total. The van der Waals surface area contributed by atoms with Gasteiger partial charge in [-0.2, -0.15) is 0 Å². The van der Waals surface area contributed by atoms with Crippen LogP contribution >= 0.6 is 0 Å². The van der Waals surface area contributed by atoms with Gasteiger partial charge in [0, 0.05) is 19.1 Å². The fourth-order valence-corrected chi connectivity index (χ4v) is 4.72. The number of hydrogen-bond donors (Lipinski definition) is 0. The molecule has 0 aromatic rings. The minimum atomic E-state index is -2.92. The first-order valence-electron chi connectivity index (χ1n) is 6.62. The molecule has 0 aromatic heterocycles. The van der Waals surface area contributed by atoms with Crippen molar-refractivity contribution in [3.63, 3.8) is 0 Å². The number of likely N-dealkylation sites (tertiary alicyclic amines) is 1. The minimum Gasteiger partial charge on any atom is -0.339 e. The van der Waals surface area contributed by atoms with E-state index in [2.05, 4.69) is 4.90 Å². The zero-order chi connectivity index (χ0) is 13.3. The summed E-state index contributed by atoms with van der Waals surface area (Å²) in [4.78, 5) is 16.4. The largest absolute Gasteiger partial charge is 0.339 e. The smallest absolute Gasteiger partial charge is 0.227 e. The van der Waals surface area contributed by atoms with Crippen LogP contribution in [0, 0.1) is 5.92 Å². The Morgan fingerprint density at radius 2 is 2.11 bits per heavy atom. The Bertz CT molecular complexity index is 421. The molecule has 1 amide bonds. The number of hydrogen-bond acceptors (Lipinski definition) is 4. The quantitative estimate of drug-likeness (QED) is 0.725. The van der Waals surface area contributed by atoms with Gasteiger partial charge >= 0.3 is 0 Å². The summed E-state index contributed by atoms with van der Waals surface area (Å²) in [5, 5.41) is 0. The zero-order valence-corrected chi connectivity index (χ0v) is 11.9. The third-order valence-corrected chi connectivity index (χ3v) is 5.76. The van der Waals surface area contributed by atoms with E-state index < -0.39 is 9.84 Å². The van der Waals surface area contributed by atoms with Crippen molar-refractivity contribution in [2.45, 2.75) is 25.8 Å². The lowest BCUT2D eigenvalue weighted by Crippen LogP contribution is -2.44. The first kappa shape index (κ1) is 13.8. The van der Waals surface area contributed by atoms with Crippen LogP contribution in [0.2, 0.25) is 0 Å². The molecule has 0 radical (unpaired) electrons. The normalized spacial score (nSPS) is 31.7. The van der Waals surface area contributed by atoms with Crippen LogP contribution in [0.3, 0.4) is 0 Å². The van der Waals surface area contributed by atoms with Crippen molar-refractivity contribution in [2.24, 2.45) is 5.92 Å². The topological polar surface area (TPSA) is 57.7 Å². The fraction of sp³-hybridized carbons (Fsp3) is 0.917. The molecule has 2 atom stereocenters. The van der Waals surface area contributed by atoms with E-state index in [1.807, 2.05) is 14.0 Å². The number of rotatable bonds is 3. The summed E-state index contributed by atoms with van der Waals surface area (Å²) in [7, 11) is -0.905. The second-order valence-electron chi connectivity index (χ2n) is 5.43. The predicted octanol–water partition coefficient (Wildman–Crippen LogP) is -0.0263. The van der Waals surface area contributed by atoms with E-state index >= 15 is 0 Å². The van der Waals surface area contributed by atoms with Crippen LogP contribution in [-0.4, -0.2) is 68.4 Å². The summed E-state index contributed by atoms with van der Waals surface area (Å²) in [6.45, 7) is 4.30. The molecule has 0 saturated carbocycles. The highest BCUT2D eigenvalue weighted by molar-refractivity contribution is 7.91. The van der Waals surface area contributed by atoms with Crippen molar-refractivity contribution in [2.75, 3.05) is 38.2 Å². The minimum absolute atomic E-state index is 0.0539. The monoisotopic (exact) mass is 274 g/mol. The molecule has 0 spiro atoms. The van der Waals surface area contributed by atoms with Crippen LogP contribution in [0.15, 0.2) is 0 Å². The number of amides is 1. The molecule has 2 unspecified atom stereocenters. The average molecular weight is 274 g/mol. The van der Waals surface area contributed by atoms with Gasteiger partial charge in [-0.1, -0.05) is 0 Å². The zero-order valence-electron chi connectivity index (χ0n) is 11.1. The van der Waals surface area contributed by atoms with Crippen molar-refractivity contribution < 1.29 is 13.2 Å². The summed E-state index contributed by atoms with van der Waals surface area (Å²) >= 11 is 0. The molecule has 5 nitrogen and oxygen atoms in total. The van der Waals surface area contributed by atoms with Crippen molar-refractivity contribution in [3.05, 3.63) is 0 Å². The van der Waals surface area contributed by atoms with E-state index in [1.54, 1.807) is 4.90 Å².